The van der Waals surface area contributed by atoms with Crippen molar-refractivity contribution in [3.05, 3.63) is 34.8 Å². The first kappa shape index (κ1) is 20.1. The number of amides is 1. The SMILES string of the molecule is COc1ccc(OC)c(/C(C)=N\NC(=O)Cc2csc(N3CCOCC3)n2)c1. The van der Waals surface area contributed by atoms with E-state index in [-0.39, 0.29) is 12.3 Å². The molecule has 1 aromatic carbocycles. The number of carbonyl (C=O) groups is 1. The molecule has 0 atom stereocenters. The molecule has 1 aromatic heterocycles. The van der Waals surface area contributed by atoms with E-state index in [2.05, 4.69) is 20.4 Å². The average molecular weight is 404 g/mol. The van der Waals surface area contributed by atoms with Gasteiger partial charge in [0, 0.05) is 24.0 Å². The number of thiazole rings is 1. The molecule has 2 heterocycles. The summed E-state index contributed by atoms with van der Waals surface area (Å²) in [6, 6.07) is 5.43. The second-order valence-corrected chi connectivity index (χ2v) is 7.03. The number of aromatic nitrogens is 1. The Balaban J connectivity index is 1.61. The topological polar surface area (TPSA) is 85.3 Å². The number of benzene rings is 1. The van der Waals surface area contributed by atoms with Crippen molar-refractivity contribution in [2.45, 2.75) is 13.3 Å². The maximum absolute atomic E-state index is 12.3. The molecule has 0 bridgehead atoms. The number of rotatable bonds is 7. The minimum absolute atomic E-state index is 0.173. The van der Waals surface area contributed by atoms with Crippen LogP contribution in [0.2, 0.25) is 0 Å². The van der Waals surface area contributed by atoms with E-state index in [4.69, 9.17) is 14.2 Å². The number of carbonyl (C=O) groups excluding carboxylic acids is 1. The average Bonchev–Trinajstić information content (AvgIpc) is 3.20. The predicted octanol–water partition coefficient (Wildman–Crippen LogP) is 2.08. The highest BCUT2D eigenvalue weighted by Gasteiger charge is 2.16. The first-order valence-corrected chi connectivity index (χ1v) is 9.81. The van der Waals surface area contributed by atoms with Crippen LogP contribution in [0.5, 0.6) is 11.5 Å². The second-order valence-electron chi connectivity index (χ2n) is 6.20. The van der Waals surface area contributed by atoms with Gasteiger partial charge in [-0.15, -0.1) is 11.3 Å². The van der Waals surface area contributed by atoms with Crippen molar-refractivity contribution in [1.29, 1.82) is 0 Å². The second kappa shape index (κ2) is 9.52. The molecule has 0 radical (unpaired) electrons. The van der Waals surface area contributed by atoms with Gasteiger partial charge in [0.15, 0.2) is 5.13 Å². The van der Waals surface area contributed by atoms with E-state index in [0.717, 1.165) is 29.5 Å². The molecule has 0 saturated carbocycles. The van der Waals surface area contributed by atoms with Crippen LogP contribution in [0.15, 0.2) is 28.7 Å². The van der Waals surface area contributed by atoms with Gasteiger partial charge in [-0.25, -0.2) is 10.4 Å². The normalized spacial score (nSPS) is 14.7. The van der Waals surface area contributed by atoms with Crippen LogP contribution in [0, 0.1) is 0 Å². The Morgan fingerprint density at radius 1 is 1.32 bits per heavy atom. The van der Waals surface area contributed by atoms with Crippen LogP contribution >= 0.6 is 11.3 Å². The Bertz CT molecular complexity index is 846. The van der Waals surface area contributed by atoms with Gasteiger partial charge in [-0.05, 0) is 25.1 Å². The largest absolute Gasteiger partial charge is 0.497 e. The van der Waals surface area contributed by atoms with Crippen molar-refractivity contribution in [3.63, 3.8) is 0 Å². The summed E-state index contributed by atoms with van der Waals surface area (Å²) in [5.41, 5.74) is 4.70. The number of morpholine rings is 1. The van der Waals surface area contributed by atoms with E-state index < -0.39 is 0 Å². The number of anilines is 1. The maximum atomic E-state index is 12.3. The molecule has 1 N–H and O–H groups in total. The molecular weight excluding hydrogens is 380 g/mol. The van der Waals surface area contributed by atoms with Gasteiger partial charge < -0.3 is 19.1 Å². The van der Waals surface area contributed by atoms with Crippen LogP contribution in [0.4, 0.5) is 5.13 Å². The molecule has 1 saturated heterocycles. The molecule has 150 valence electrons. The zero-order chi connectivity index (χ0) is 19.9. The Hall–Kier alpha value is -2.65. The molecule has 1 amide bonds. The molecule has 1 aliphatic rings. The van der Waals surface area contributed by atoms with Crippen LogP contribution in [-0.2, 0) is 16.0 Å². The highest BCUT2D eigenvalue weighted by Crippen LogP contribution is 2.24. The molecule has 2 aromatic rings. The number of nitrogens with one attached hydrogen (secondary N) is 1. The third kappa shape index (κ3) is 4.99. The Morgan fingerprint density at radius 3 is 2.82 bits per heavy atom. The van der Waals surface area contributed by atoms with Crippen molar-refractivity contribution in [1.82, 2.24) is 10.4 Å². The number of hydrogen-bond acceptors (Lipinski definition) is 8. The summed E-state index contributed by atoms with van der Waals surface area (Å²) >= 11 is 1.54. The van der Waals surface area contributed by atoms with Gasteiger partial charge in [0.1, 0.15) is 11.5 Å². The summed E-state index contributed by atoms with van der Waals surface area (Å²) in [6.45, 7) is 4.86. The Kier molecular flexibility index (Phi) is 6.83. The van der Waals surface area contributed by atoms with E-state index in [9.17, 15) is 4.79 Å². The molecule has 3 rings (SSSR count). The van der Waals surface area contributed by atoms with Crippen LogP contribution in [0.25, 0.3) is 0 Å². The summed E-state index contributed by atoms with van der Waals surface area (Å²) in [7, 11) is 3.18. The van der Waals surface area contributed by atoms with Crippen molar-refractivity contribution in [2.24, 2.45) is 5.10 Å². The minimum Gasteiger partial charge on any atom is -0.497 e. The molecule has 0 aliphatic carbocycles. The fourth-order valence-corrected chi connectivity index (χ4v) is 3.66. The number of hydrazone groups is 1. The van der Waals surface area contributed by atoms with E-state index in [1.165, 1.54) is 0 Å². The third-order valence-corrected chi connectivity index (χ3v) is 5.26. The highest BCUT2D eigenvalue weighted by molar-refractivity contribution is 7.13. The van der Waals surface area contributed by atoms with E-state index in [0.29, 0.717) is 30.4 Å². The summed E-state index contributed by atoms with van der Waals surface area (Å²) in [6.07, 6.45) is 0.173. The quantitative estimate of drug-likeness (QED) is 0.562. The number of hydrogen-bond donors (Lipinski definition) is 1. The van der Waals surface area contributed by atoms with Crippen LogP contribution in [0.1, 0.15) is 18.2 Å². The van der Waals surface area contributed by atoms with Gasteiger partial charge in [0.25, 0.3) is 0 Å². The zero-order valence-corrected chi connectivity index (χ0v) is 17.0. The molecule has 0 unspecified atom stereocenters. The van der Waals surface area contributed by atoms with Crippen LogP contribution in [-0.4, -0.2) is 57.1 Å². The van der Waals surface area contributed by atoms with Crippen molar-refractivity contribution in [2.75, 3.05) is 45.4 Å². The fourth-order valence-electron chi connectivity index (χ4n) is 2.78. The number of methoxy groups -OCH3 is 2. The summed E-state index contributed by atoms with van der Waals surface area (Å²) in [5, 5.41) is 7.03. The van der Waals surface area contributed by atoms with Gasteiger partial charge in [0.2, 0.25) is 5.91 Å². The fraction of sp³-hybridized carbons (Fsp3) is 0.421. The summed E-state index contributed by atoms with van der Waals surface area (Å²) < 4.78 is 16.0. The molecular formula is C19H24N4O4S. The molecule has 28 heavy (non-hydrogen) atoms. The van der Waals surface area contributed by atoms with Gasteiger partial charge in [0.05, 0.1) is 45.3 Å². The monoisotopic (exact) mass is 404 g/mol. The molecule has 1 aliphatic heterocycles. The molecule has 1 fully saturated rings. The Labute approximate surface area is 168 Å². The zero-order valence-electron chi connectivity index (χ0n) is 16.2. The summed E-state index contributed by atoms with van der Waals surface area (Å²) in [4.78, 5) is 19.0. The van der Waals surface area contributed by atoms with Gasteiger partial charge in [-0.3, -0.25) is 4.79 Å². The van der Waals surface area contributed by atoms with E-state index >= 15 is 0 Å². The van der Waals surface area contributed by atoms with Gasteiger partial charge in [-0.1, -0.05) is 0 Å². The lowest BCUT2D eigenvalue weighted by molar-refractivity contribution is -0.120. The van der Waals surface area contributed by atoms with Gasteiger partial charge >= 0.3 is 0 Å². The minimum atomic E-state index is -0.222. The first-order chi connectivity index (χ1) is 13.6. The van der Waals surface area contributed by atoms with Crippen LogP contribution in [0.3, 0.4) is 0 Å². The maximum Gasteiger partial charge on any atom is 0.246 e. The van der Waals surface area contributed by atoms with E-state index in [1.54, 1.807) is 38.5 Å². The standard InChI is InChI=1S/C19H24N4O4S/c1-13(16-11-15(25-2)4-5-17(16)26-3)21-22-18(24)10-14-12-28-19(20-14)23-6-8-27-9-7-23/h4-5,11-12H,6-10H2,1-3H3,(H,22,24)/b21-13-. The smallest absolute Gasteiger partial charge is 0.246 e. The van der Waals surface area contributed by atoms with E-state index in [1.807, 2.05) is 17.5 Å². The highest BCUT2D eigenvalue weighted by atomic mass is 32.1. The number of ether oxygens (including phenoxy) is 3. The molecule has 9 heteroatoms. The van der Waals surface area contributed by atoms with Crippen LogP contribution < -0.4 is 19.8 Å². The predicted molar refractivity (Wildman–Crippen MR) is 109 cm³/mol. The van der Waals surface area contributed by atoms with Gasteiger partial charge in [-0.2, -0.15) is 5.10 Å². The van der Waals surface area contributed by atoms with Crippen molar-refractivity contribution < 1.29 is 19.0 Å². The lowest BCUT2D eigenvalue weighted by atomic mass is 10.1. The Morgan fingerprint density at radius 2 is 2.11 bits per heavy atom. The summed E-state index contributed by atoms with van der Waals surface area (Å²) in [5.74, 6) is 1.13. The molecule has 8 nitrogen and oxygen atoms in total. The van der Waals surface area contributed by atoms with Crippen molar-refractivity contribution in [3.8, 4) is 11.5 Å². The third-order valence-electron chi connectivity index (χ3n) is 4.31. The first-order valence-electron chi connectivity index (χ1n) is 8.93. The number of nitrogens with zero attached hydrogens (tertiary/aromatic N) is 3. The lowest BCUT2D eigenvalue weighted by Gasteiger charge is -2.26. The molecule has 0 spiro atoms. The lowest BCUT2D eigenvalue weighted by Crippen LogP contribution is -2.36. The van der Waals surface area contributed by atoms with Crippen molar-refractivity contribution >= 4 is 28.1 Å².